The van der Waals surface area contributed by atoms with Gasteiger partial charge in [-0.25, -0.2) is 0 Å². The summed E-state index contributed by atoms with van der Waals surface area (Å²) in [5.74, 6) is 0.317. The average molecular weight is 250 g/mol. The van der Waals surface area contributed by atoms with Crippen LogP contribution in [0.1, 0.15) is 28.4 Å². The summed E-state index contributed by atoms with van der Waals surface area (Å²) < 4.78 is 0. The molecule has 0 bridgehead atoms. The van der Waals surface area contributed by atoms with E-state index in [0.717, 1.165) is 11.1 Å². The van der Waals surface area contributed by atoms with Crippen molar-refractivity contribution in [3.8, 4) is 5.75 Å². The molecule has 0 aliphatic carbocycles. The molecule has 0 heterocycles. The summed E-state index contributed by atoms with van der Waals surface area (Å²) in [6.45, 7) is 2.78. The second kappa shape index (κ2) is 5.98. The Balaban J connectivity index is 3.23. The van der Waals surface area contributed by atoms with E-state index in [9.17, 15) is 9.90 Å². The zero-order chi connectivity index (χ0) is 13.9. The van der Waals surface area contributed by atoms with Crippen LogP contribution in [0.4, 0.5) is 0 Å². The molecule has 0 aliphatic rings. The monoisotopic (exact) mass is 250 g/mol. The van der Waals surface area contributed by atoms with E-state index in [2.05, 4.69) is 0 Å². The SMILES string of the molecule is CC(=O)c1cc(CN(C)C)c(O)c(CN(C)C)c1. The van der Waals surface area contributed by atoms with Crippen LogP contribution in [-0.2, 0) is 13.1 Å². The molecule has 0 aliphatic heterocycles. The van der Waals surface area contributed by atoms with Crippen LogP contribution in [0.3, 0.4) is 0 Å². The number of benzene rings is 1. The van der Waals surface area contributed by atoms with Gasteiger partial charge in [0.2, 0.25) is 0 Å². The molecular weight excluding hydrogens is 228 g/mol. The molecule has 0 spiro atoms. The zero-order valence-corrected chi connectivity index (χ0v) is 11.8. The number of phenolic OH excluding ortho intramolecular Hbond substituents is 1. The summed E-state index contributed by atoms with van der Waals surface area (Å²) in [5, 5.41) is 10.2. The number of Topliss-reactive ketones (excluding diaryl/α,β-unsaturated/α-hetero) is 1. The summed E-state index contributed by atoms with van der Waals surface area (Å²) in [4.78, 5) is 15.5. The molecule has 1 rings (SSSR count). The van der Waals surface area contributed by atoms with Gasteiger partial charge in [0.05, 0.1) is 0 Å². The summed E-state index contributed by atoms with van der Waals surface area (Å²) in [5.41, 5.74) is 2.25. The molecule has 100 valence electrons. The lowest BCUT2D eigenvalue weighted by Gasteiger charge is -2.17. The second-order valence-corrected chi connectivity index (χ2v) is 5.17. The molecule has 0 aromatic heterocycles. The van der Waals surface area contributed by atoms with Crippen molar-refractivity contribution >= 4 is 5.78 Å². The van der Waals surface area contributed by atoms with Crippen molar-refractivity contribution in [3.05, 3.63) is 28.8 Å². The quantitative estimate of drug-likeness (QED) is 0.808. The standard InChI is InChI=1S/C14H22N2O2/c1-10(17)11-6-12(8-15(2)3)14(18)13(7-11)9-16(4)5/h6-7,18H,8-9H2,1-5H3. The summed E-state index contributed by atoms with van der Waals surface area (Å²) in [7, 11) is 7.74. The number of hydrogen-bond donors (Lipinski definition) is 1. The first kappa shape index (κ1) is 14.7. The van der Waals surface area contributed by atoms with Gasteiger partial charge in [-0.15, -0.1) is 0 Å². The van der Waals surface area contributed by atoms with Crippen molar-refractivity contribution < 1.29 is 9.90 Å². The van der Waals surface area contributed by atoms with Gasteiger partial charge in [0.1, 0.15) is 5.75 Å². The van der Waals surface area contributed by atoms with E-state index >= 15 is 0 Å². The number of carbonyl (C=O) groups is 1. The maximum atomic E-state index is 11.5. The minimum absolute atomic E-state index is 0.0232. The highest BCUT2D eigenvalue weighted by molar-refractivity contribution is 5.94. The number of nitrogens with zero attached hydrogens (tertiary/aromatic N) is 2. The topological polar surface area (TPSA) is 43.8 Å². The molecule has 0 unspecified atom stereocenters. The first-order valence-electron chi connectivity index (χ1n) is 5.96. The Morgan fingerprint density at radius 1 is 1.06 bits per heavy atom. The number of carbonyl (C=O) groups excluding carboxylic acids is 1. The van der Waals surface area contributed by atoms with Crippen LogP contribution in [0.2, 0.25) is 0 Å². The van der Waals surface area contributed by atoms with Crippen molar-refractivity contribution in [2.75, 3.05) is 28.2 Å². The van der Waals surface area contributed by atoms with Crippen LogP contribution in [0.15, 0.2) is 12.1 Å². The molecule has 0 atom stereocenters. The minimum Gasteiger partial charge on any atom is -0.507 e. The van der Waals surface area contributed by atoms with E-state index in [1.807, 2.05) is 38.0 Å². The lowest BCUT2D eigenvalue weighted by molar-refractivity contribution is 0.101. The molecule has 1 aromatic carbocycles. The molecule has 0 radical (unpaired) electrons. The number of hydrogen-bond acceptors (Lipinski definition) is 4. The van der Waals surface area contributed by atoms with Gasteiger partial charge in [0.25, 0.3) is 0 Å². The third-order valence-corrected chi connectivity index (χ3v) is 2.65. The van der Waals surface area contributed by atoms with Crippen molar-refractivity contribution in [2.45, 2.75) is 20.0 Å². The number of ketones is 1. The van der Waals surface area contributed by atoms with Crippen LogP contribution >= 0.6 is 0 Å². The first-order chi connectivity index (χ1) is 8.31. The van der Waals surface area contributed by atoms with Gasteiger partial charge in [-0.1, -0.05) is 0 Å². The Labute approximate surface area is 109 Å². The molecule has 18 heavy (non-hydrogen) atoms. The van der Waals surface area contributed by atoms with Gasteiger partial charge in [0.15, 0.2) is 5.78 Å². The Hall–Kier alpha value is -1.39. The summed E-state index contributed by atoms with van der Waals surface area (Å²) in [6, 6.07) is 3.55. The highest BCUT2D eigenvalue weighted by Crippen LogP contribution is 2.26. The van der Waals surface area contributed by atoms with Crippen molar-refractivity contribution in [1.82, 2.24) is 9.80 Å². The van der Waals surface area contributed by atoms with Crippen molar-refractivity contribution in [2.24, 2.45) is 0 Å². The van der Waals surface area contributed by atoms with E-state index < -0.39 is 0 Å². The fourth-order valence-corrected chi connectivity index (χ4v) is 1.89. The normalized spacial score (nSPS) is 11.3. The maximum absolute atomic E-state index is 11.5. The number of rotatable bonds is 5. The maximum Gasteiger partial charge on any atom is 0.159 e. The third kappa shape index (κ3) is 3.82. The highest BCUT2D eigenvalue weighted by Gasteiger charge is 2.13. The highest BCUT2D eigenvalue weighted by atomic mass is 16.3. The van der Waals surface area contributed by atoms with Crippen LogP contribution < -0.4 is 0 Å². The van der Waals surface area contributed by atoms with Gasteiger partial charge in [-0.3, -0.25) is 4.79 Å². The third-order valence-electron chi connectivity index (χ3n) is 2.65. The second-order valence-electron chi connectivity index (χ2n) is 5.17. The van der Waals surface area contributed by atoms with E-state index in [0.29, 0.717) is 24.4 Å². The largest absolute Gasteiger partial charge is 0.507 e. The van der Waals surface area contributed by atoms with Crippen LogP contribution in [0.5, 0.6) is 5.75 Å². The molecule has 1 aromatic rings. The van der Waals surface area contributed by atoms with E-state index in [4.69, 9.17) is 0 Å². The van der Waals surface area contributed by atoms with Crippen LogP contribution in [-0.4, -0.2) is 48.9 Å². The Morgan fingerprint density at radius 2 is 1.44 bits per heavy atom. The molecule has 0 saturated heterocycles. The van der Waals surface area contributed by atoms with Crippen LogP contribution in [0.25, 0.3) is 0 Å². The van der Waals surface area contributed by atoms with Gasteiger partial charge >= 0.3 is 0 Å². The van der Waals surface area contributed by atoms with Gasteiger partial charge < -0.3 is 14.9 Å². The Bertz CT molecular complexity index is 408. The first-order valence-corrected chi connectivity index (χ1v) is 5.96. The van der Waals surface area contributed by atoms with Crippen molar-refractivity contribution in [1.29, 1.82) is 0 Å². The molecular formula is C14H22N2O2. The summed E-state index contributed by atoms with van der Waals surface area (Å²) in [6.07, 6.45) is 0. The fraction of sp³-hybridized carbons (Fsp3) is 0.500. The fourth-order valence-electron chi connectivity index (χ4n) is 1.89. The molecule has 1 N–H and O–H groups in total. The minimum atomic E-state index is 0.0232. The zero-order valence-electron chi connectivity index (χ0n) is 11.8. The molecule has 4 heteroatoms. The Morgan fingerprint density at radius 3 is 1.72 bits per heavy atom. The predicted molar refractivity (Wildman–Crippen MR) is 72.9 cm³/mol. The van der Waals surface area contributed by atoms with E-state index in [-0.39, 0.29) is 5.78 Å². The smallest absolute Gasteiger partial charge is 0.159 e. The van der Waals surface area contributed by atoms with Gasteiger partial charge in [-0.2, -0.15) is 0 Å². The molecule has 0 amide bonds. The van der Waals surface area contributed by atoms with Crippen molar-refractivity contribution in [3.63, 3.8) is 0 Å². The van der Waals surface area contributed by atoms with E-state index in [1.54, 1.807) is 19.1 Å². The van der Waals surface area contributed by atoms with Gasteiger partial charge in [-0.05, 0) is 47.2 Å². The van der Waals surface area contributed by atoms with Gasteiger partial charge in [0, 0.05) is 29.8 Å². The number of phenols is 1. The summed E-state index contributed by atoms with van der Waals surface area (Å²) >= 11 is 0. The average Bonchev–Trinajstić information content (AvgIpc) is 2.22. The number of aromatic hydroxyl groups is 1. The van der Waals surface area contributed by atoms with Crippen LogP contribution in [0, 0.1) is 0 Å². The molecule has 0 saturated carbocycles. The lowest BCUT2D eigenvalue weighted by atomic mass is 10.0. The predicted octanol–water partition coefficient (Wildman–Crippen LogP) is 1.72. The molecule has 0 fully saturated rings. The Kier molecular flexibility index (Phi) is 4.87. The lowest BCUT2D eigenvalue weighted by Crippen LogP contribution is -2.15. The van der Waals surface area contributed by atoms with E-state index in [1.165, 1.54) is 0 Å². The molecule has 4 nitrogen and oxygen atoms in total.